The highest BCUT2D eigenvalue weighted by atomic mass is 15.3. The Morgan fingerprint density at radius 2 is 2.05 bits per heavy atom. The van der Waals surface area contributed by atoms with E-state index in [-0.39, 0.29) is 0 Å². The fourth-order valence-electron chi connectivity index (χ4n) is 4.16. The first-order valence-corrected chi connectivity index (χ1v) is 7.77. The van der Waals surface area contributed by atoms with Crippen molar-refractivity contribution in [3.63, 3.8) is 0 Å². The van der Waals surface area contributed by atoms with Crippen molar-refractivity contribution >= 4 is 5.96 Å². The van der Waals surface area contributed by atoms with Gasteiger partial charge in [-0.25, -0.2) is 0 Å². The maximum atomic E-state index is 4.40. The molecular formula is C17H25N3. The lowest BCUT2D eigenvalue weighted by atomic mass is 9.66. The molecular weight excluding hydrogens is 246 g/mol. The first-order chi connectivity index (χ1) is 9.79. The molecule has 0 bridgehead atoms. The van der Waals surface area contributed by atoms with Gasteiger partial charge in [0.1, 0.15) is 0 Å². The molecule has 1 aromatic rings. The number of guanidine groups is 1. The maximum absolute atomic E-state index is 4.40. The van der Waals surface area contributed by atoms with E-state index in [1.54, 1.807) is 11.1 Å². The lowest BCUT2D eigenvalue weighted by molar-refractivity contribution is 0.189. The standard InChI is InChI=1S/C17H25N3/c1-18-16(19-2)20-12-6-11-17(13-20)10-5-8-14-7-3-4-9-15(14)17/h3-4,7,9H,5-6,8,10-13H2,1-2H3,(H,18,19). The van der Waals surface area contributed by atoms with Crippen molar-refractivity contribution in [3.05, 3.63) is 35.4 Å². The Bertz CT molecular complexity index is 509. The Labute approximate surface area is 122 Å². The highest BCUT2D eigenvalue weighted by molar-refractivity contribution is 5.79. The number of hydrogen-bond acceptors (Lipinski definition) is 1. The number of likely N-dealkylation sites (tertiary alicyclic amines) is 1. The summed E-state index contributed by atoms with van der Waals surface area (Å²) in [6, 6.07) is 9.07. The van der Waals surface area contributed by atoms with Gasteiger partial charge in [-0.15, -0.1) is 0 Å². The Kier molecular flexibility index (Phi) is 3.68. The summed E-state index contributed by atoms with van der Waals surface area (Å²) in [7, 11) is 3.85. The predicted molar refractivity (Wildman–Crippen MR) is 84.3 cm³/mol. The SMILES string of the molecule is CN=C(NC)N1CCCC2(CCCc3ccccc32)C1. The molecule has 1 saturated heterocycles. The van der Waals surface area contributed by atoms with E-state index in [4.69, 9.17) is 0 Å². The van der Waals surface area contributed by atoms with Gasteiger partial charge in [0.05, 0.1) is 0 Å². The number of piperidine rings is 1. The molecule has 1 aliphatic carbocycles. The van der Waals surface area contributed by atoms with E-state index in [0.717, 1.165) is 19.0 Å². The molecule has 3 rings (SSSR count). The number of rotatable bonds is 0. The van der Waals surface area contributed by atoms with Crippen molar-refractivity contribution in [2.24, 2.45) is 4.99 Å². The number of aliphatic imine (C=N–C) groups is 1. The van der Waals surface area contributed by atoms with Crippen LogP contribution in [0, 0.1) is 0 Å². The monoisotopic (exact) mass is 271 g/mol. The topological polar surface area (TPSA) is 27.6 Å². The predicted octanol–water partition coefficient (Wildman–Crippen LogP) is 2.56. The number of aryl methyl sites for hydroxylation is 1. The lowest BCUT2D eigenvalue weighted by Gasteiger charge is -2.47. The number of fused-ring (bicyclic) bond motifs is 2. The molecule has 2 aliphatic rings. The molecule has 1 fully saturated rings. The normalized spacial score (nSPS) is 26.5. The molecule has 20 heavy (non-hydrogen) atoms. The van der Waals surface area contributed by atoms with E-state index in [1.807, 2.05) is 14.1 Å². The number of nitrogens with zero attached hydrogens (tertiary/aromatic N) is 2. The second-order valence-electron chi connectivity index (χ2n) is 6.11. The second kappa shape index (κ2) is 5.47. The van der Waals surface area contributed by atoms with Gasteiger partial charge in [-0.05, 0) is 43.2 Å². The van der Waals surface area contributed by atoms with Gasteiger partial charge in [0, 0.05) is 32.6 Å². The molecule has 0 aromatic heterocycles. The van der Waals surface area contributed by atoms with Crippen molar-refractivity contribution in [2.75, 3.05) is 27.2 Å². The highest BCUT2D eigenvalue weighted by Gasteiger charge is 2.40. The van der Waals surface area contributed by atoms with Crippen LogP contribution in [0.25, 0.3) is 0 Å². The van der Waals surface area contributed by atoms with Crippen molar-refractivity contribution in [3.8, 4) is 0 Å². The summed E-state index contributed by atoms with van der Waals surface area (Å²) < 4.78 is 0. The van der Waals surface area contributed by atoms with Gasteiger partial charge in [0.25, 0.3) is 0 Å². The molecule has 0 saturated carbocycles. The first kappa shape index (κ1) is 13.5. The smallest absolute Gasteiger partial charge is 0.193 e. The van der Waals surface area contributed by atoms with Crippen LogP contribution in [-0.2, 0) is 11.8 Å². The second-order valence-corrected chi connectivity index (χ2v) is 6.11. The van der Waals surface area contributed by atoms with Crippen molar-refractivity contribution < 1.29 is 0 Å². The molecule has 1 heterocycles. The zero-order chi connectivity index (χ0) is 14.0. The summed E-state index contributed by atoms with van der Waals surface area (Å²) in [5.41, 5.74) is 3.52. The first-order valence-electron chi connectivity index (χ1n) is 7.77. The molecule has 1 unspecified atom stereocenters. The van der Waals surface area contributed by atoms with Crippen LogP contribution >= 0.6 is 0 Å². The third kappa shape index (κ3) is 2.19. The van der Waals surface area contributed by atoms with Crippen LogP contribution < -0.4 is 5.32 Å². The molecule has 108 valence electrons. The van der Waals surface area contributed by atoms with Crippen LogP contribution in [0.5, 0.6) is 0 Å². The van der Waals surface area contributed by atoms with Gasteiger partial charge in [-0.2, -0.15) is 0 Å². The zero-order valence-corrected chi connectivity index (χ0v) is 12.7. The zero-order valence-electron chi connectivity index (χ0n) is 12.7. The summed E-state index contributed by atoms with van der Waals surface area (Å²) in [5.74, 6) is 1.03. The Balaban J connectivity index is 1.93. The largest absolute Gasteiger partial charge is 0.359 e. The molecule has 1 N–H and O–H groups in total. The Morgan fingerprint density at radius 1 is 1.25 bits per heavy atom. The van der Waals surface area contributed by atoms with Gasteiger partial charge in [-0.1, -0.05) is 24.3 Å². The van der Waals surface area contributed by atoms with E-state index < -0.39 is 0 Å². The minimum Gasteiger partial charge on any atom is -0.359 e. The highest BCUT2D eigenvalue weighted by Crippen LogP contribution is 2.43. The van der Waals surface area contributed by atoms with Gasteiger partial charge in [0.2, 0.25) is 0 Å². The third-order valence-electron chi connectivity index (χ3n) is 5.00. The Morgan fingerprint density at radius 3 is 2.85 bits per heavy atom. The van der Waals surface area contributed by atoms with E-state index >= 15 is 0 Å². The number of hydrogen-bond donors (Lipinski definition) is 1. The molecule has 1 spiro atoms. The van der Waals surface area contributed by atoms with E-state index in [2.05, 4.69) is 39.5 Å². The third-order valence-corrected chi connectivity index (χ3v) is 5.00. The van der Waals surface area contributed by atoms with Crippen molar-refractivity contribution in [1.29, 1.82) is 0 Å². The Hall–Kier alpha value is -1.51. The van der Waals surface area contributed by atoms with Crippen LogP contribution in [0.15, 0.2) is 29.3 Å². The minimum atomic E-state index is 0.347. The summed E-state index contributed by atoms with van der Waals surface area (Å²) in [6.45, 7) is 2.23. The van der Waals surface area contributed by atoms with Gasteiger partial charge < -0.3 is 10.2 Å². The van der Waals surface area contributed by atoms with Crippen LogP contribution in [0.4, 0.5) is 0 Å². The summed E-state index contributed by atoms with van der Waals surface area (Å²) >= 11 is 0. The summed E-state index contributed by atoms with van der Waals surface area (Å²) in [6.07, 6.45) is 6.47. The van der Waals surface area contributed by atoms with Crippen LogP contribution in [0.1, 0.15) is 36.8 Å². The van der Waals surface area contributed by atoms with E-state index in [0.29, 0.717) is 5.41 Å². The minimum absolute atomic E-state index is 0.347. The lowest BCUT2D eigenvalue weighted by Crippen LogP contribution is -2.52. The molecule has 3 heteroatoms. The fourth-order valence-corrected chi connectivity index (χ4v) is 4.16. The van der Waals surface area contributed by atoms with Gasteiger partial charge >= 0.3 is 0 Å². The van der Waals surface area contributed by atoms with Crippen molar-refractivity contribution in [1.82, 2.24) is 10.2 Å². The van der Waals surface area contributed by atoms with Gasteiger partial charge in [0.15, 0.2) is 5.96 Å². The summed E-state index contributed by atoms with van der Waals surface area (Å²) in [4.78, 5) is 6.83. The molecule has 0 radical (unpaired) electrons. The number of nitrogens with one attached hydrogen (secondary N) is 1. The van der Waals surface area contributed by atoms with Crippen molar-refractivity contribution in [2.45, 2.75) is 37.5 Å². The molecule has 3 nitrogen and oxygen atoms in total. The molecule has 1 aromatic carbocycles. The van der Waals surface area contributed by atoms with E-state index in [1.165, 1.54) is 32.1 Å². The van der Waals surface area contributed by atoms with Crippen LogP contribution in [-0.4, -0.2) is 38.0 Å². The average Bonchev–Trinajstić information content (AvgIpc) is 2.49. The maximum Gasteiger partial charge on any atom is 0.193 e. The summed E-state index contributed by atoms with van der Waals surface area (Å²) in [5, 5.41) is 3.24. The van der Waals surface area contributed by atoms with Gasteiger partial charge in [-0.3, -0.25) is 4.99 Å². The van der Waals surface area contributed by atoms with E-state index in [9.17, 15) is 0 Å². The number of benzene rings is 1. The molecule has 1 aliphatic heterocycles. The van der Waals surface area contributed by atoms with Crippen LogP contribution in [0.2, 0.25) is 0 Å². The fraction of sp³-hybridized carbons (Fsp3) is 0.588. The molecule has 0 amide bonds. The van der Waals surface area contributed by atoms with Crippen LogP contribution in [0.3, 0.4) is 0 Å². The quantitative estimate of drug-likeness (QED) is 0.580. The average molecular weight is 271 g/mol. The molecule has 1 atom stereocenters.